The molecular formula is C12H16ClN3O2. The standard InChI is InChI=1S/C12H16ClN3O2/c1-12(2)8-15(6-5-14-12)10-4-3-9(13)7-11(10)16(17)18/h3-4,7,14H,5-6,8H2,1-2H3. The van der Waals surface area contributed by atoms with Crippen LogP contribution in [0, 0.1) is 10.1 Å². The molecule has 98 valence electrons. The summed E-state index contributed by atoms with van der Waals surface area (Å²) in [7, 11) is 0. The minimum absolute atomic E-state index is 0.0498. The van der Waals surface area contributed by atoms with E-state index in [9.17, 15) is 10.1 Å². The molecule has 0 aliphatic carbocycles. The minimum Gasteiger partial charge on any atom is -0.363 e. The fourth-order valence-electron chi connectivity index (χ4n) is 2.26. The van der Waals surface area contributed by atoms with E-state index in [1.807, 2.05) is 4.90 Å². The molecule has 0 atom stereocenters. The molecular weight excluding hydrogens is 254 g/mol. The van der Waals surface area contributed by atoms with Crippen LogP contribution in [0.2, 0.25) is 5.02 Å². The van der Waals surface area contributed by atoms with Gasteiger partial charge in [-0.25, -0.2) is 0 Å². The second kappa shape index (κ2) is 4.74. The molecule has 0 radical (unpaired) electrons. The molecule has 0 amide bonds. The van der Waals surface area contributed by atoms with Crippen molar-refractivity contribution < 1.29 is 4.92 Å². The van der Waals surface area contributed by atoms with Gasteiger partial charge in [-0.1, -0.05) is 11.6 Å². The van der Waals surface area contributed by atoms with Crippen molar-refractivity contribution in [3.8, 4) is 0 Å². The number of halogens is 1. The van der Waals surface area contributed by atoms with Gasteiger partial charge in [0.15, 0.2) is 0 Å². The van der Waals surface area contributed by atoms with Crippen molar-refractivity contribution in [3.63, 3.8) is 0 Å². The number of anilines is 1. The van der Waals surface area contributed by atoms with E-state index in [1.54, 1.807) is 12.1 Å². The van der Waals surface area contributed by atoms with E-state index in [-0.39, 0.29) is 16.1 Å². The van der Waals surface area contributed by atoms with Crippen molar-refractivity contribution in [2.45, 2.75) is 19.4 Å². The van der Waals surface area contributed by atoms with Gasteiger partial charge in [-0.05, 0) is 26.0 Å². The minimum atomic E-state index is -0.379. The molecule has 1 saturated heterocycles. The largest absolute Gasteiger partial charge is 0.363 e. The van der Waals surface area contributed by atoms with Gasteiger partial charge in [0.25, 0.3) is 5.69 Å². The van der Waals surface area contributed by atoms with Gasteiger partial charge in [-0.15, -0.1) is 0 Å². The zero-order valence-electron chi connectivity index (χ0n) is 10.4. The summed E-state index contributed by atoms with van der Waals surface area (Å²) < 4.78 is 0. The maximum Gasteiger partial charge on any atom is 0.294 e. The normalized spacial score (nSPS) is 18.7. The Bertz CT molecular complexity index is 476. The van der Waals surface area contributed by atoms with Gasteiger partial charge in [0, 0.05) is 36.3 Å². The Morgan fingerprint density at radius 3 is 2.83 bits per heavy atom. The zero-order chi connectivity index (χ0) is 13.3. The molecule has 0 spiro atoms. The number of benzene rings is 1. The van der Waals surface area contributed by atoms with Crippen molar-refractivity contribution in [3.05, 3.63) is 33.3 Å². The highest BCUT2D eigenvalue weighted by atomic mass is 35.5. The van der Waals surface area contributed by atoms with Crippen LogP contribution in [0.25, 0.3) is 0 Å². The second-order valence-corrected chi connectivity index (χ2v) is 5.56. The summed E-state index contributed by atoms with van der Waals surface area (Å²) in [5.74, 6) is 0. The first kappa shape index (κ1) is 13.1. The molecule has 5 nitrogen and oxygen atoms in total. The Morgan fingerprint density at radius 2 is 2.22 bits per heavy atom. The Hall–Kier alpha value is -1.33. The fraction of sp³-hybridized carbons (Fsp3) is 0.500. The van der Waals surface area contributed by atoms with Crippen molar-refractivity contribution in [2.75, 3.05) is 24.5 Å². The number of piperazine rings is 1. The topological polar surface area (TPSA) is 58.4 Å². The van der Waals surface area contributed by atoms with Crippen LogP contribution in [0.4, 0.5) is 11.4 Å². The van der Waals surface area contributed by atoms with Crippen molar-refractivity contribution in [1.82, 2.24) is 5.32 Å². The summed E-state index contributed by atoms with van der Waals surface area (Å²) >= 11 is 5.82. The first-order valence-electron chi connectivity index (χ1n) is 5.83. The van der Waals surface area contributed by atoms with E-state index in [4.69, 9.17) is 11.6 Å². The van der Waals surface area contributed by atoms with Crippen LogP contribution in [0.3, 0.4) is 0 Å². The first-order chi connectivity index (χ1) is 8.39. The molecule has 6 heteroatoms. The fourth-order valence-corrected chi connectivity index (χ4v) is 2.42. The molecule has 1 fully saturated rings. The van der Waals surface area contributed by atoms with Gasteiger partial charge in [-0.3, -0.25) is 10.1 Å². The van der Waals surface area contributed by atoms with Gasteiger partial charge < -0.3 is 10.2 Å². The lowest BCUT2D eigenvalue weighted by Gasteiger charge is -2.40. The van der Waals surface area contributed by atoms with Gasteiger partial charge in [-0.2, -0.15) is 0 Å². The van der Waals surface area contributed by atoms with Crippen LogP contribution >= 0.6 is 11.6 Å². The summed E-state index contributed by atoms with van der Waals surface area (Å²) in [5, 5.41) is 14.9. The molecule has 0 saturated carbocycles. The van der Waals surface area contributed by atoms with E-state index in [0.29, 0.717) is 10.7 Å². The van der Waals surface area contributed by atoms with Gasteiger partial charge >= 0.3 is 0 Å². The van der Waals surface area contributed by atoms with Crippen LogP contribution in [0.5, 0.6) is 0 Å². The molecule has 0 unspecified atom stereocenters. The highest BCUT2D eigenvalue weighted by Crippen LogP contribution is 2.32. The molecule has 2 rings (SSSR count). The molecule has 1 aromatic carbocycles. The van der Waals surface area contributed by atoms with Crippen LogP contribution in [-0.4, -0.2) is 30.1 Å². The highest BCUT2D eigenvalue weighted by molar-refractivity contribution is 6.30. The summed E-state index contributed by atoms with van der Waals surface area (Å²) in [4.78, 5) is 12.7. The van der Waals surface area contributed by atoms with E-state index < -0.39 is 0 Å². The average molecular weight is 270 g/mol. The summed E-state index contributed by atoms with van der Waals surface area (Å²) in [6, 6.07) is 4.83. The highest BCUT2D eigenvalue weighted by Gasteiger charge is 2.29. The SMILES string of the molecule is CC1(C)CN(c2ccc(Cl)cc2[N+](=O)[O-])CCN1. The van der Waals surface area contributed by atoms with E-state index in [1.165, 1.54) is 6.07 Å². The summed E-state index contributed by atoms with van der Waals surface area (Å²) in [6.07, 6.45) is 0. The van der Waals surface area contributed by atoms with Crippen molar-refractivity contribution >= 4 is 23.0 Å². The van der Waals surface area contributed by atoms with Gasteiger partial charge in [0.1, 0.15) is 5.69 Å². The number of rotatable bonds is 2. The number of hydrogen-bond donors (Lipinski definition) is 1. The van der Waals surface area contributed by atoms with Crippen molar-refractivity contribution in [1.29, 1.82) is 0 Å². The quantitative estimate of drug-likeness (QED) is 0.662. The third kappa shape index (κ3) is 2.73. The Morgan fingerprint density at radius 1 is 1.50 bits per heavy atom. The van der Waals surface area contributed by atoms with E-state index in [0.717, 1.165) is 19.6 Å². The molecule has 1 aliphatic rings. The second-order valence-electron chi connectivity index (χ2n) is 5.12. The summed E-state index contributed by atoms with van der Waals surface area (Å²) in [5.41, 5.74) is 0.658. The first-order valence-corrected chi connectivity index (χ1v) is 6.21. The number of nitrogens with zero attached hydrogens (tertiary/aromatic N) is 2. The predicted octanol–water partition coefficient (Wildman–Crippen LogP) is 2.44. The smallest absolute Gasteiger partial charge is 0.294 e. The van der Waals surface area contributed by atoms with Gasteiger partial charge in [0.05, 0.1) is 4.92 Å². The van der Waals surface area contributed by atoms with Crippen LogP contribution in [-0.2, 0) is 0 Å². The zero-order valence-corrected chi connectivity index (χ0v) is 11.2. The summed E-state index contributed by atoms with van der Waals surface area (Å²) in [6.45, 7) is 6.47. The number of nitro benzene ring substituents is 1. The predicted molar refractivity (Wildman–Crippen MR) is 72.4 cm³/mol. The molecule has 1 aliphatic heterocycles. The molecule has 1 aromatic rings. The Balaban J connectivity index is 2.35. The Labute approximate surface area is 111 Å². The van der Waals surface area contributed by atoms with E-state index >= 15 is 0 Å². The average Bonchev–Trinajstić information content (AvgIpc) is 2.27. The lowest BCUT2D eigenvalue weighted by Crippen LogP contribution is -2.57. The monoisotopic (exact) mass is 269 g/mol. The molecule has 18 heavy (non-hydrogen) atoms. The maximum absolute atomic E-state index is 11.1. The van der Waals surface area contributed by atoms with Crippen LogP contribution in [0.1, 0.15) is 13.8 Å². The number of nitro groups is 1. The maximum atomic E-state index is 11.1. The number of nitrogens with one attached hydrogen (secondary N) is 1. The lowest BCUT2D eigenvalue weighted by molar-refractivity contribution is -0.384. The molecule has 1 N–H and O–H groups in total. The molecule has 0 aromatic heterocycles. The number of hydrogen-bond acceptors (Lipinski definition) is 4. The van der Waals surface area contributed by atoms with Crippen LogP contribution < -0.4 is 10.2 Å². The lowest BCUT2D eigenvalue weighted by atomic mass is 10.0. The Kier molecular flexibility index (Phi) is 3.45. The van der Waals surface area contributed by atoms with Crippen molar-refractivity contribution in [2.24, 2.45) is 0 Å². The molecule has 0 bridgehead atoms. The van der Waals surface area contributed by atoms with E-state index in [2.05, 4.69) is 19.2 Å². The van der Waals surface area contributed by atoms with Gasteiger partial charge in [0.2, 0.25) is 0 Å². The molecule has 1 heterocycles. The third-order valence-electron chi connectivity index (χ3n) is 3.05. The van der Waals surface area contributed by atoms with Crippen LogP contribution in [0.15, 0.2) is 18.2 Å². The third-order valence-corrected chi connectivity index (χ3v) is 3.28.